The van der Waals surface area contributed by atoms with E-state index in [2.05, 4.69) is 55.0 Å². The van der Waals surface area contributed by atoms with Crippen molar-refractivity contribution in [2.24, 2.45) is 46.3 Å². The number of fused-ring (bicyclic) bond motifs is 5. The molecule has 4 aliphatic rings. The van der Waals surface area contributed by atoms with Crippen LogP contribution in [0.3, 0.4) is 0 Å². The Labute approximate surface area is 251 Å². The van der Waals surface area contributed by atoms with E-state index in [1.165, 1.54) is 0 Å². The summed E-state index contributed by atoms with van der Waals surface area (Å²) in [5, 5.41) is 3.26. The van der Waals surface area contributed by atoms with Gasteiger partial charge in [0.25, 0.3) is 0 Å². The predicted molar refractivity (Wildman–Crippen MR) is 159 cm³/mol. The Morgan fingerprint density at radius 1 is 1.20 bits per heavy atom. The first-order chi connectivity index (χ1) is 18.7. The number of amides is 1. The molecule has 10 heteroatoms. The average Bonchev–Trinajstić information content (AvgIpc) is 3.45. The largest absolute Gasteiger partial charge is 0.397 e. The van der Waals surface area contributed by atoms with Crippen molar-refractivity contribution < 1.29 is 26.7 Å². The van der Waals surface area contributed by atoms with E-state index in [1.54, 1.807) is 11.3 Å². The van der Waals surface area contributed by atoms with E-state index in [1.807, 2.05) is 6.07 Å². The predicted octanol–water partition coefficient (Wildman–Crippen LogP) is 7.13. The second-order valence-electron chi connectivity index (χ2n) is 13.6. The summed E-state index contributed by atoms with van der Waals surface area (Å²) in [4.78, 5) is 26.8. The van der Waals surface area contributed by atoms with Gasteiger partial charge >= 0.3 is 10.4 Å². The summed E-state index contributed by atoms with van der Waals surface area (Å²) < 4.78 is 40.2. The number of hydrogen-bond acceptors (Lipinski definition) is 6. The smallest absolute Gasteiger partial charge is 0.348 e. The number of halogens is 1. The zero-order chi connectivity index (χ0) is 29.0. The maximum absolute atomic E-state index is 13.2. The third kappa shape index (κ3) is 5.73. The lowest BCUT2D eigenvalue weighted by molar-refractivity contribution is -0.164. The molecule has 1 amide bonds. The Morgan fingerprint density at radius 2 is 1.93 bits per heavy atom. The molecule has 0 unspecified atom stereocenters. The van der Waals surface area contributed by atoms with Crippen LogP contribution in [0.25, 0.3) is 0 Å². The van der Waals surface area contributed by atoms with Crippen LogP contribution in [0.2, 0.25) is 0 Å². The third-order valence-electron chi connectivity index (χ3n) is 11.7. The number of rotatable bonds is 8. The molecule has 7 nitrogen and oxygen atoms in total. The molecule has 0 saturated heterocycles. The fourth-order valence-corrected chi connectivity index (χ4v) is 11.9. The fourth-order valence-electron chi connectivity index (χ4n) is 9.80. The minimum atomic E-state index is -4.62. The second-order valence-corrected chi connectivity index (χ2v) is 17.2. The van der Waals surface area contributed by atoms with Crippen molar-refractivity contribution in [3.05, 3.63) is 20.8 Å². The van der Waals surface area contributed by atoms with Crippen LogP contribution in [0, 0.1) is 46.3 Å². The van der Waals surface area contributed by atoms with Gasteiger partial charge in [-0.05, 0) is 119 Å². The summed E-state index contributed by atoms with van der Waals surface area (Å²) in [6.07, 6.45) is 7.08. The number of hydrogen-bond donors (Lipinski definition) is 2. The van der Waals surface area contributed by atoms with Crippen molar-refractivity contribution in [2.45, 2.75) is 104 Å². The van der Waals surface area contributed by atoms with Gasteiger partial charge in [0.2, 0.25) is 5.91 Å². The van der Waals surface area contributed by atoms with Crippen molar-refractivity contribution in [1.82, 2.24) is 5.32 Å². The Kier molecular flexibility index (Phi) is 8.70. The van der Waals surface area contributed by atoms with Gasteiger partial charge in [-0.2, -0.15) is 8.42 Å². The molecule has 1 aromatic rings. The maximum Gasteiger partial charge on any atom is 0.397 e. The van der Waals surface area contributed by atoms with Crippen LogP contribution in [-0.2, 0) is 24.2 Å². The Morgan fingerprint density at radius 3 is 2.58 bits per heavy atom. The van der Waals surface area contributed by atoms with E-state index in [4.69, 9.17) is 4.18 Å². The number of thiophene rings is 1. The summed E-state index contributed by atoms with van der Waals surface area (Å²) in [7, 11) is -4.62. The highest BCUT2D eigenvalue weighted by atomic mass is 79.9. The van der Waals surface area contributed by atoms with E-state index in [-0.39, 0.29) is 58.2 Å². The molecule has 1 heterocycles. The molecule has 0 bridgehead atoms. The van der Waals surface area contributed by atoms with Crippen LogP contribution in [0.5, 0.6) is 0 Å². The Bertz CT molecular complexity index is 1230. The van der Waals surface area contributed by atoms with Crippen molar-refractivity contribution >= 4 is 49.4 Å². The molecular weight excluding hydrogens is 614 g/mol. The standard InChI is InChI=1S/C30H44BrNO6S2/c1-5-23(25-8-9-26(31)39-25)32-27(34)14-17(2)20-6-7-21-28-22(11-13-30(20,21)4)29(3)12-10-19(33)15-18(29)16-24(28)38-40(35,36)37/h8-9,17-18,20-24,28H,5-7,10-16H2,1-4H3,(H,32,34)(H,35,36,37)/t17-,18+,20-,21+,22+,23+,24-,28+,29+,30-/m1/s1. The molecule has 0 spiro atoms. The molecular formula is C30H44BrNO6S2. The van der Waals surface area contributed by atoms with Crippen molar-refractivity contribution in [1.29, 1.82) is 0 Å². The first-order valence-electron chi connectivity index (χ1n) is 15.0. The first-order valence-corrected chi connectivity index (χ1v) is 17.9. The van der Waals surface area contributed by atoms with Crippen molar-refractivity contribution in [3.63, 3.8) is 0 Å². The Balaban J connectivity index is 1.34. The van der Waals surface area contributed by atoms with Crippen LogP contribution in [0.1, 0.15) is 103 Å². The molecule has 2 N–H and O–H groups in total. The van der Waals surface area contributed by atoms with Crippen LogP contribution >= 0.6 is 27.3 Å². The monoisotopic (exact) mass is 657 g/mol. The van der Waals surface area contributed by atoms with Crippen LogP contribution in [-0.4, -0.2) is 30.8 Å². The van der Waals surface area contributed by atoms with Crippen molar-refractivity contribution in [3.8, 4) is 0 Å². The van der Waals surface area contributed by atoms with Gasteiger partial charge in [-0.1, -0.05) is 27.7 Å². The maximum atomic E-state index is 13.2. The quantitative estimate of drug-likeness (QED) is 0.288. The minimum Gasteiger partial charge on any atom is -0.348 e. The summed E-state index contributed by atoms with van der Waals surface area (Å²) in [6, 6.07) is 4.09. The number of nitrogens with one attached hydrogen (secondary N) is 1. The van der Waals surface area contributed by atoms with Gasteiger partial charge in [0.15, 0.2) is 0 Å². The summed E-state index contributed by atoms with van der Waals surface area (Å²) in [5.41, 5.74) is -0.0489. The molecule has 5 rings (SSSR count). The third-order valence-corrected chi connectivity index (χ3v) is 13.9. The SMILES string of the molecule is CC[C@H](NC(=O)C[C@@H](C)[C@H]1CC[C@H]2[C@@H]3[C@H](OS(=O)(=O)O)C[C@@H]4CC(=O)CC[C@]4(C)[C@H]3CC[C@]12C)c1ccc(Br)s1. The zero-order valence-electron chi connectivity index (χ0n) is 24.0. The highest BCUT2D eigenvalue weighted by Gasteiger charge is 2.64. The van der Waals surface area contributed by atoms with Gasteiger partial charge in [-0.25, -0.2) is 4.18 Å². The van der Waals surface area contributed by atoms with Gasteiger partial charge in [0, 0.05) is 24.1 Å². The van der Waals surface area contributed by atoms with Gasteiger partial charge in [-0.15, -0.1) is 11.3 Å². The normalized spacial score (nSPS) is 39.1. The lowest BCUT2D eigenvalue weighted by atomic mass is 9.44. The zero-order valence-corrected chi connectivity index (χ0v) is 27.2. The van der Waals surface area contributed by atoms with Crippen LogP contribution in [0.15, 0.2) is 15.9 Å². The number of ketones is 1. The summed E-state index contributed by atoms with van der Waals surface area (Å²) in [6.45, 7) is 8.94. The van der Waals surface area contributed by atoms with Crippen LogP contribution < -0.4 is 5.32 Å². The lowest BCUT2D eigenvalue weighted by Gasteiger charge is -2.62. The summed E-state index contributed by atoms with van der Waals surface area (Å²) >= 11 is 5.18. The molecule has 0 aliphatic heterocycles. The van der Waals surface area contributed by atoms with E-state index in [9.17, 15) is 22.6 Å². The van der Waals surface area contributed by atoms with Crippen LogP contribution in [0.4, 0.5) is 0 Å². The molecule has 4 aliphatic carbocycles. The minimum absolute atomic E-state index is 0.00925. The molecule has 40 heavy (non-hydrogen) atoms. The molecule has 4 saturated carbocycles. The van der Waals surface area contributed by atoms with Gasteiger partial charge in [0.1, 0.15) is 5.78 Å². The fraction of sp³-hybridized carbons (Fsp3) is 0.800. The number of carbonyl (C=O) groups is 2. The lowest BCUT2D eigenvalue weighted by Crippen LogP contribution is -2.59. The first kappa shape index (κ1) is 30.6. The topological polar surface area (TPSA) is 110 Å². The summed E-state index contributed by atoms with van der Waals surface area (Å²) in [5.74, 6) is 1.50. The molecule has 10 atom stereocenters. The van der Waals surface area contributed by atoms with Gasteiger partial charge in [-0.3, -0.25) is 14.1 Å². The second kappa shape index (κ2) is 11.4. The van der Waals surface area contributed by atoms with E-state index in [0.717, 1.165) is 47.2 Å². The Hall–Kier alpha value is -0.810. The average molecular weight is 659 g/mol. The van der Waals surface area contributed by atoms with E-state index >= 15 is 0 Å². The van der Waals surface area contributed by atoms with Crippen molar-refractivity contribution in [2.75, 3.05) is 0 Å². The number of carbonyl (C=O) groups excluding carboxylic acids is 2. The molecule has 0 aromatic carbocycles. The number of Topliss-reactive ketones (excluding diaryl/α,β-unsaturated/α-hetero) is 1. The molecule has 4 fully saturated rings. The highest BCUT2D eigenvalue weighted by Crippen LogP contribution is 2.68. The van der Waals surface area contributed by atoms with E-state index < -0.39 is 16.5 Å². The van der Waals surface area contributed by atoms with Gasteiger partial charge < -0.3 is 5.32 Å². The van der Waals surface area contributed by atoms with Gasteiger partial charge in [0.05, 0.1) is 15.9 Å². The molecule has 1 aromatic heterocycles. The molecule has 0 radical (unpaired) electrons. The molecule has 224 valence electrons. The highest BCUT2D eigenvalue weighted by molar-refractivity contribution is 9.11. The van der Waals surface area contributed by atoms with E-state index in [0.29, 0.717) is 31.6 Å².